The van der Waals surface area contributed by atoms with Gasteiger partial charge in [0.15, 0.2) is 12.4 Å². The molecule has 1 N–H and O–H groups in total. The van der Waals surface area contributed by atoms with Gasteiger partial charge in [-0.25, -0.2) is 19.3 Å². The van der Waals surface area contributed by atoms with Crippen LogP contribution in [0.4, 0.5) is 5.00 Å². The minimum atomic E-state index is -0.684. The molecular weight excluding hydrogens is 408 g/mol. The molecule has 156 valence electrons. The number of methoxy groups -OCH3 is 1. The number of ether oxygens (including phenoxy) is 2. The summed E-state index contributed by atoms with van der Waals surface area (Å²) in [7, 11) is 1.27. The highest BCUT2D eigenvalue weighted by Crippen LogP contribution is 2.32. The predicted octanol–water partition coefficient (Wildman–Crippen LogP) is 2.84. The monoisotopic (exact) mass is 428 g/mol. The number of pyridine rings is 1. The standard InChI is InChI=1S/C20H20N4O5S/c1-11-13(3)30-18(17(11)20(27)28-4)23-16(25)10-29-19(26)14-9-22-24(12(14)2)15-7-5-6-8-21-15/h5-9H,10H2,1-4H3,(H,23,25). The summed E-state index contributed by atoms with van der Waals surface area (Å²) in [6.45, 7) is 4.81. The van der Waals surface area contributed by atoms with Crippen molar-refractivity contribution in [2.75, 3.05) is 19.0 Å². The fourth-order valence-electron chi connectivity index (χ4n) is 2.75. The lowest BCUT2D eigenvalue weighted by molar-refractivity contribution is -0.119. The van der Waals surface area contributed by atoms with Crippen molar-refractivity contribution in [3.63, 3.8) is 0 Å². The molecule has 3 aromatic rings. The van der Waals surface area contributed by atoms with E-state index in [2.05, 4.69) is 15.4 Å². The highest BCUT2D eigenvalue weighted by atomic mass is 32.1. The molecule has 0 aliphatic carbocycles. The van der Waals surface area contributed by atoms with E-state index in [1.54, 1.807) is 32.2 Å². The average Bonchev–Trinajstić information content (AvgIpc) is 3.25. The number of hydrogen-bond donors (Lipinski definition) is 1. The summed E-state index contributed by atoms with van der Waals surface area (Å²) < 4.78 is 11.4. The van der Waals surface area contributed by atoms with Gasteiger partial charge in [-0.1, -0.05) is 6.07 Å². The lowest BCUT2D eigenvalue weighted by atomic mass is 10.1. The van der Waals surface area contributed by atoms with Crippen molar-refractivity contribution in [2.24, 2.45) is 0 Å². The van der Waals surface area contributed by atoms with Gasteiger partial charge in [0.2, 0.25) is 0 Å². The minimum Gasteiger partial charge on any atom is -0.465 e. The van der Waals surface area contributed by atoms with E-state index in [-0.39, 0.29) is 5.56 Å². The summed E-state index contributed by atoms with van der Waals surface area (Å²) in [5, 5.41) is 7.13. The van der Waals surface area contributed by atoms with E-state index >= 15 is 0 Å². The van der Waals surface area contributed by atoms with Crippen molar-refractivity contribution in [2.45, 2.75) is 20.8 Å². The SMILES string of the molecule is COC(=O)c1c(NC(=O)COC(=O)c2cnn(-c3ccccn3)c2C)sc(C)c1C. The van der Waals surface area contributed by atoms with Gasteiger partial charge in [0.25, 0.3) is 5.91 Å². The lowest BCUT2D eigenvalue weighted by Gasteiger charge is -2.07. The Kier molecular flexibility index (Phi) is 6.26. The maximum Gasteiger partial charge on any atom is 0.342 e. The number of aryl methyl sites for hydroxylation is 1. The molecule has 1 amide bonds. The molecule has 0 atom stereocenters. The number of thiophene rings is 1. The molecule has 0 bridgehead atoms. The molecule has 9 nitrogen and oxygen atoms in total. The van der Waals surface area contributed by atoms with Gasteiger partial charge in [-0.2, -0.15) is 5.10 Å². The van der Waals surface area contributed by atoms with Crippen molar-refractivity contribution in [1.29, 1.82) is 0 Å². The van der Waals surface area contributed by atoms with Crippen LogP contribution in [0.25, 0.3) is 5.82 Å². The Morgan fingerprint density at radius 2 is 1.93 bits per heavy atom. The molecule has 3 heterocycles. The summed E-state index contributed by atoms with van der Waals surface area (Å²) in [5.41, 5.74) is 1.80. The summed E-state index contributed by atoms with van der Waals surface area (Å²) in [6.07, 6.45) is 2.99. The third-order valence-electron chi connectivity index (χ3n) is 4.46. The van der Waals surface area contributed by atoms with Gasteiger partial charge in [0, 0.05) is 11.1 Å². The third kappa shape index (κ3) is 4.23. The zero-order valence-corrected chi connectivity index (χ0v) is 17.7. The van der Waals surface area contributed by atoms with Gasteiger partial charge in [-0.3, -0.25) is 4.79 Å². The second-order valence-corrected chi connectivity index (χ2v) is 7.57. The largest absolute Gasteiger partial charge is 0.465 e. The van der Waals surface area contributed by atoms with Crippen LogP contribution in [0.15, 0.2) is 30.6 Å². The molecule has 30 heavy (non-hydrogen) atoms. The van der Waals surface area contributed by atoms with Crippen molar-refractivity contribution < 1.29 is 23.9 Å². The highest BCUT2D eigenvalue weighted by Gasteiger charge is 2.23. The summed E-state index contributed by atoms with van der Waals surface area (Å²) in [5.74, 6) is -1.23. The van der Waals surface area contributed by atoms with Crippen LogP contribution >= 0.6 is 11.3 Å². The number of nitrogens with one attached hydrogen (secondary N) is 1. The van der Waals surface area contributed by atoms with Gasteiger partial charge in [0.1, 0.15) is 10.6 Å². The second kappa shape index (κ2) is 8.87. The van der Waals surface area contributed by atoms with Crippen LogP contribution in [0.1, 0.15) is 36.9 Å². The molecule has 0 saturated carbocycles. The van der Waals surface area contributed by atoms with E-state index in [0.29, 0.717) is 22.1 Å². The molecule has 3 aromatic heterocycles. The summed E-state index contributed by atoms with van der Waals surface area (Å²) >= 11 is 1.25. The number of hydrogen-bond acceptors (Lipinski definition) is 8. The number of carbonyl (C=O) groups is 3. The summed E-state index contributed by atoms with van der Waals surface area (Å²) in [4.78, 5) is 41.7. The van der Waals surface area contributed by atoms with Gasteiger partial charge in [-0.05, 0) is 38.5 Å². The van der Waals surface area contributed by atoms with E-state index < -0.39 is 24.5 Å². The van der Waals surface area contributed by atoms with Crippen molar-refractivity contribution in [1.82, 2.24) is 14.8 Å². The Bertz CT molecular complexity index is 1100. The zero-order chi connectivity index (χ0) is 21.8. The Balaban J connectivity index is 1.66. The third-order valence-corrected chi connectivity index (χ3v) is 5.58. The van der Waals surface area contributed by atoms with E-state index in [4.69, 9.17) is 9.47 Å². The molecule has 3 rings (SSSR count). The number of amides is 1. The van der Waals surface area contributed by atoms with Crippen molar-refractivity contribution >= 4 is 34.2 Å². The van der Waals surface area contributed by atoms with Crippen LogP contribution in [0.2, 0.25) is 0 Å². The Morgan fingerprint density at radius 3 is 2.60 bits per heavy atom. The number of rotatable bonds is 6. The molecule has 0 aliphatic heterocycles. The smallest absolute Gasteiger partial charge is 0.342 e. The highest BCUT2D eigenvalue weighted by molar-refractivity contribution is 7.16. The number of esters is 2. The zero-order valence-electron chi connectivity index (χ0n) is 16.9. The van der Waals surface area contributed by atoms with Crippen LogP contribution < -0.4 is 5.32 Å². The maximum absolute atomic E-state index is 12.4. The Labute approximate surface area is 176 Å². The molecule has 0 spiro atoms. The number of anilines is 1. The molecule has 0 aliphatic rings. The fourth-order valence-corrected chi connectivity index (χ4v) is 3.82. The van der Waals surface area contributed by atoms with Crippen LogP contribution in [0, 0.1) is 20.8 Å². The van der Waals surface area contributed by atoms with E-state index in [0.717, 1.165) is 10.4 Å². The number of nitrogens with zero attached hydrogens (tertiary/aromatic N) is 3. The Hall–Kier alpha value is -3.53. The molecule has 0 aromatic carbocycles. The maximum atomic E-state index is 12.4. The van der Waals surface area contributed by atoms with Gasteiger partial charge < -0.3 is 14.8 Å². The predicted molar refractivity (Wildman–Crippen MR) is 110 cm³/mol. The van der Waals surface area contributed by atoms with Crippen LogP contribution in [-0.2, 0) is 14.3 Å². The first kappa shape index (κ1) is 21.2. The molecule has 10 heteroatoms. The summed E-state index contributed by atoms with van der Waals surface area (Å²) in [6, 6.07) is 5.34. The normalized spacial score (nSPS) is 10.5. The molecular formula is C20H20N4O5S. The van der Waals surface area contributed by atoms with Crippen LogP contribution in [-0.4, -0.2) is 46.3 Å². The first-order valence-corrected chi connectivity index (χ1v) is 9.76. The van der Waals surface area contributed by atoms with Gasteiger partial charge in [0.05, 0.1) is 24.6 Å². The average molecular weight is 428 g/mol. The van der Waals surface area contributed by atoms with E-state index in [1.807, 2.05) is 13.0 Å². The molecule has 0 unspecified atom stereocenters. The van der Waals surface area contributed by atoms with E-state index in [1.165, 1.54) is 29.3 Å². The molecule has 0 saturated heterocycles. The first-order chi connectivity index (χ1) is 14.3. The van der Waals surface area contributed by atoms with E-state index in [9.17, 15) is 14.4 Å². The van der Waals surface area contributed by atoms with Gasteiger partial charge >= 0.3 is 11.9 Å². The van der Waals surface area contributed by atoms with Gasteiger partial charge in [-0.15, -0.1) is 11.3 Å². The molecule has 0 radical (unpaired) electrons. The van der Waals surface area contributed by atoms with Crippen molar-refractivity contribution in [3.05, 3.63) is 57.9 Å². The Morgan fingerprint density at radius 1 is 1.17 bits per heavy atom. The van der Waals surface area contributed by atoms with Crippen LogP contribution in [0.5, 0.6) is 0 Å². The number of aromatic nitrogens is 3. The fraction of sp³-hybridized carbons (Fsp3) is 0.250. The second-order valence-electron chi connectivity index (χ2n) is 6.35. The molecule has 0 fully saturated rings. The minimum absolute atomic E-state index is 0.228. The lowest BCUT2D eigenvalue weighted by Crippen LogP contribution is -2.22. The quantitative estimate of drug-likeness (QED) is 0.601. The first-order valence-electron chi connectivity index (χ1n) is 8.94. The van der Waals surface area contributed by atoms with Crippen LogP contribution in [0.3, 0.4) is 0 Å². The van der Waals surface area contributed by atoms with Crippen molar-refractivity contribution in [3.8, 4) is 5.82 Å². The topological polar surface area (TPSA) is 112 Å². The number of carbonyl (C=O) groups excluding carboxylic acids is 3.